The molecule has 25 heavy (non-hydrogen) atoms. The summed E-state index contributed by atoms with van der Waals surface area (Å²) in [5, 5.41) is 10.4. The van der Waals surface area contributed by atoms with Crippen molar-refractivity contribution in [2.75, 3.05) is 19.6 Å². The molecule has 1 N–H and O–H groups in total. The van der Waals surface area contributed by atoms with Gasteiger partial charge in [0.25, 0.3) is 0 Å². The van der Waals surface area contributed by atoms with E-state index in [2.05, 4.69) is 0 Å². The predicted molar refractivity (Wildman–Crippen MR) is 91.3 cm³/mol. The molecule has 1 aliphatic rings. The maximum absolute atomic E-state index is 11.8. The molecule has 6 nitrogen and oxygen atoms in total. The standard InChI is InChI=1S/C19H22N2O4/c22-16(17-7-4-12-25-17)14-20(13-15-5-2-1-3-6-15)10-11-21-18(23)8-9-19(21)24/h1-7,12,16,22H,8-11,13-14H2. The summed E-state index contributed by atoms with van der Waals surface area (Å²) in [6.45, 7) is 1.83. The predicted octanol–water partition coefficient (Wildman–Crippen LogP) is 1.96. The van der Waals surface area contributed by atoms with Crippen molar-refractivity contribution in [1.82, 2.24) is 9.80 Å². The van der Waals surface area contributed by atoms with Gasteiger partial charge < -0.3 is 9.52 Å². The fourth-order valence-corrected chi connectivity index (χ4v) is 3.01. The van der Waals surface area contributed by atoms with Gasteiger partial charge in [0.15, 0.2) is 0 Å². The molecule has 0 aliphatic carbocycles. The van der Waals surface area contributed by atoms with Gasteiger partial charge in [-0.05, 0) is 17.7 Å². The Morgan fingerprint density at radius 3 is 2.44 bits per heavy atom. The number of imide groups is 1. The van der Waals surface area contributed by atoms with Gasteiger partial charge in [0.05, 0.1) is 6.26 Å². The van der Waals surface area contributed by atoms with Crippen LogP contribution in [0.2, 0.25) is 0 Å². The first kappa shape index (κ1) is 17.4. The van der Waals surface area contributed by atoms with E-state index in [1.807, 2.05) is 35.2 Å². The summed E-state index contributed by atoms with van der Waals surface area (Å²) in [6.07, 6.45) is 1.37. The number of amides is 2. The lowest BCUT2D eigenvalue weighted by Crippen LogP contribution is -2.39. The molecular weight excluding hydrogens is 320 g/mol. The van der Waals surface area contributed by atoms with E-state index >= 15 is 0 Å². The van der Waals surface area contributed by atoms with Crippen LogP contribution >= 0.6 is 0 Å². The first-order chi connectivity index (χ1) is 12.1. The van der Waals surface area contributed by atoms with Crippen molar-refractivity contribution in [3.63, 3.8) is 0 Å². The summed E-state index contributed by atoms with van der Waals surface area (Å²) in [5.74, 6) is 0.277. The van der Waals surface area contributed by atoms with E-state index in [1.165, 1.54) is 11.2 Å². The van der Waals surface area contributed by atoms with Crippen LogP contribution in [-0.2, 0) is 16.1 Å². The molecular formula is C19H22N2O4. The average Bonchev–Trinajstić information content (AvgIpc) is 3.25. The molecule has 2 heterocycles. The van der Waals surface area contributed by atoms with E-state index in [9.17, 15) is 14.7 Å². The molecule has 0 spiro atoms. The van der Waals surface area contributed by atoms with E-state index in [-0.39, 0.29) is 11.8 Å². The van der Waals surface area contributed by atoms with Crippen LogP contribution in [0.25, 0.3) is 0 Å². The number of carbonyl (C=O) groups is 2. The van der Waals surface area contributed by atoms with Gasteiger partial charge in [-0.15, -0.1) is 0 Å². The van der Waals surface area contributed by atoms with Crippen LogP contribution in [0.3, 0.4) is 0 Å². The maximum atomic E-state index is 11.8. The van der Waals surface area contributed by atoms with Crippen molar-refractivity contribution in [3.8, 4) is 0 Å². The molecule has 0 radical (unpaired) electrons. The van der Waals surface area contributed by atoms with Crippen molar-refractivity contribution in [1.29, 1.82) is 0 Å². The highest BCUT2D eigenvalue weighted by atomic mass is 16.4. The lowest BCUT2D eigenvalue weighted by Gasteiger charge is -2.26. The monoisotopic (exact) mass is 342 g/mol. The summed E-state index contributed by atoms with van der Waals surface area (Å²) in [7, 11) is 0. The van der Waals surface area contributed by atoms with E-state index < -0.39 is 6.10 Å². The van der Waals surface area contributed by atoms with Crippen molar-refractivity contribution in [2.45, 2.75) is 25.5 Å². The van der Waals surface area contributed by atoms with E-state index in [4.69, 9.17) is 4.42 Å². The number of aliphatic hydroxyl groups is 1. The molecule has 6 heteroatoms. The van der Waals surface area contributed by atoms with Gasteiger partial charge in [-0.25, -0.2) is 0 Å². The number of hydrogen-bond donors (Lipinski definition) is 1. The Morgan fingerprint density at radius 1 is 1.08 bits per heavy atom. The van der Waals surface area contributed by atoms with Crippen molar-refractivity contribution >= 4 is 11.8 Å². The van der Waals surface area contributed by atoms with Gasteiger partial charge >= 0.3 is 0 Å². The third-order valence-electron chi connectivity index (χ3n) is 4.35. The second-order valence-corrected chi connectivity index (χ2v) is 6.19. The highest BCUT2D eigenvalue weighted by Crippen LogP contribution is 2.17. The maximum Gasteiger partial charge on any atom is 0.229 e. The zero-order valence-corrected chi connectivity index (χ0v) is 14.0. The minimum atomic E-state index is -0.760. The van der Waals surface area contributed by atoms with Crippen molar-refractivity contribution in [3.05, 3.63) is 60.1 Å². The zero-order valence-electron chi connectivity index (χ0n) is 14.0. The number of hydrogen-bond acceptors (Lipinski definition) is 5. The van der Waals surface area contributed by atoms with Crippen molar-refractivity contribution in [2.24, 2.45) is 0 Å². The van der Waals surface area contributed by atoms with Crippen LogP contribution in [0.4, 0.5) is 0 Å². The van der Waals surface area contributed by atoms with Gasteiger partial charge in [-0.1, -0.05) is 30.3 Å². The second-order valence-electron chi connectivity index (χ2n) is 6.19. The SMILES string of the molecule is O=C1CCC(=O)N1CCN(Cc1ccccc1)CC(O)c1ccco1. The fourth-order valence-electron chi connectivity index (χ4n) is 3.01. The molecule has 2 aromatic rings. The number of benzene rings is 1. The Hall–Kier alpha value is -2.44. The average molecular weight is 342 g/mol. The fraction of sp³-hybridized carbons (Fsp3) is 0.368. The van der Waals surface area contributed by atoms with Gasteiger partial charge in [-0.3, -0.25) is 19.4 Å². The Morgan fingerprint density at radius 2 is 1.80 bits per heavy atom. The minimum Gasteiger partial charge on any atom is -0.467 e. The molecule has 1 aromatic carbocycles. The number of rotatable bonds is 8. The molecule has 1 atom stereocenters. The number of likely N-dealkylation sites (tertiary alicyclic amines) is 1. The third kappa shape index (κ3) is 4.55. The molecule has 3 rings (SSSR count). The van der Waals surface area contributed by atoms with Crippen LogP contribution < -0.4 is 0 Å². The molecule has 2 amide bonds. The highest BCUT2D eigenvalue weighted by molar-refractivity contribution is 6.01. The van der Waals surface area contributed by atoms with Gasteiger partial charge in [-0.2, -0.15) is 0 Å². The van der Waals surface area contributed by atoms with Crippen LogP contribution in [0, 0.1) is 0 Å². The third-order valence-corrected chi connectivity index (χ3v) is 4.35. The number of aliphatic hydroxyl groups excluding tert-OH is 1. The smallest absolute Gasteiger partial charge is 0.229 e. The number of carbonyl (C=O) groups excluding carboxylic acids is 2. The van der Waals surface area contributed by atoms with Crippen LogP contribution in [0.5, 0.6) is 0 Å². The highest BCUT2D eigenvalue weighted by Gasteiger charge is 2.29. The van der Waals surface area contributed by atoms with Gasteiger partial charge in [0.1, 0.15) is 11.9 Å². The van der Waals surface area contributed by atoms with Crippen LogP contribution in [-0.4, -0.2) is 46.4 Å². The van der Waals surface area contributed by atoms with E-state index in [1.54, 1.807) is 12.1 Å². The quantitative estimate of drug-likeness (QED) is 0.743. The van der Waals surface area contributed by atoms with Crippen LogP contribution in [0.15, 0.2) is 53.1 Å². The Labute approximate surface area is 146 Å². The largest absolute Gasteiger partial charge is 0.467 e. The van der Waals surface area contributed by atoms with Gasteiger partial charge in [0.2, 0.25) is 11.8 Å². The molecule has 1 aliphatic heterocycles. The summed E-state index contributed by atoms with van der Waals surface area (Å²) in [5.41, 5.74) is 1.10. The molecule has 1 saturated heterocycles. The Bertz CT molecular complexity index is 683. The summed E-state index contributed by atoms with van der Waals surface area (Å²) < 4.78 is 5.26. The lowest BCUT2D eigenvalue weighted by molar-refractivity contribution is -0.138. The Kier molecular flexibility index (Phi) is 5.63. The topological polar surface area (TPSA) is 74.0 Å². The number of nitrogens with zero attached hydrogens (tertiary/aromatic N) is 2. The molecule has 1 fully saturated rings. The number of furan rings is 1. The first-order valence-electron chi connectivity index (χ1n) is 8.44. The van der Waals surface area contributed by atoms with E-state index in [0.29, 0.717) is 44.8 Å². The summed E-state index contributed by atoms with van der Waals surface area (Å²) in [6, 6.07) is 13.4. The molecule has 132 valence electrons. The normalized spacial score (nSPS) is 16.0. The van der Waals surface area contributed by atoms with Crippen molar-refractivity contribution < 1.29 is 19.1 Å². The van der Waals surface area contributed by atoms with E-state index in [0.717, 1.165) is 5.56 Å². The molecule has 0 saturated carbocycles. The summed E-state index contributed by atoms with van der Waals surface area (Å²) in [4.78, 5) is 26.9. The second kappa shape index (κ2) is 8.09. The first-order valence-corrected chi connectivity index (χ1v) is 8.44. The molecule has 0 bridgehead atoms. The van der Waals surface area contributed by atoms with Gasteiger partial charge in [0, 0.05) is 39.0 Å². The molecule has 1 unspecified atom stereocenters. The van der Waals surface area contributed by atoms with Crippen LogP contribution in [0.1, 0.15) is 30.3 Å². The summed E-state index contributed by atoms with van der Waals surface area (Å²) >= 11 is 0. The lowest BCUT2D eigenvalue weighted by atomic mass is 10.2. The zero-order chi connectivity index (χ0) is 17.6. The Balaban J connectivity index is 1.65. The minimum absolute atomic E-state index is 0.115. The molecule has 1 aromatic heterocycles.